The van der Waals surface area contributed by atoms with Crippen LogP contribution in [-0.2, 0) is 6.42 Å². The molecule has 1 fully saturated rings. The van der Waals surface area contributed by atoms with Crippen molar-refractivity contribution in [3.63, 3.8) is 0 Å². The molecule has 1 aliphatic heterocycles. The standard InChI is InChI=1S/C28H29N9.ClH/c29-26-22(3-1-12-31-26)27-34-24-8-9-25(36-16-2-13-32-36)35-28(24)37(27)20-5-6-21-18(17-20)4-7-23(21)33-19-10-14-30-15-11-19;/h1-3,5-6,8-9,12-13,16-17,19,23,30,33H,4,7,10-11,14-15H2,(H2,29,31);1H/t23-;/m0./s1. The van der Waals surface area contributed by atoms with Crippen molar-refractivity contribution in [2.45, 2.75) is 37.8 Å². The molecule has 4 N–H and O–H groups in total. The molecule has 7 rings (SSSR count). The van der Waals surface area contributed by atoms with Crippen molar-refractivity contribution in [1.82, 2.24) is 39.9 Å². The van der Waals surface area contributed by atoms with Crippen LogP contribution in [0.2, 0.25) is 0 Å². The van der Waals surface area contributed by atoms with Gasteiger partial charge in [-0.3, -0.25) is 4.57 Å². The Bertz CT molecular complexity index is 1570. The Morgan fingerprint density at radius 2 is 1.87 bits per heavy atom. The fourth-order valence-corrected chi connectivity index (χ4v) is 5.70. The maximum absolute atomic E-state index is 6.31. The molecule has 2 aliphatic rings. The number of hydrogen-bond donors (Lipinski definition) is 3. The predicted molar refractivity (Wildman–Crippen MR) is 151 cm³/mol. The number of nitrogen functional groups attached to an aromatic ring is 1. The van der Waals surface area contributed by atoms with Crippen LogP contribution in [0.4, 0.5) is 5.82 Å². The zero-order chi connectivity index (χ0) is 24.8. The summed E-state index contributed by atoms with van der Waals surface area (Å²) in [6, 6.07) is 17.4. The Kier molecular flexibility index (Phi) is 6.57. The van der Waals surface area contributed by atoms with Crippen molar-refractivity contribution in [2.24, 2.45) is 0 Å². The molecule has 1 saturated heterocycles. The highest BCUT2D eigenvalue weighted by Gasteiger charge is 2.27. The minimum atomic E-state index is 0. The SMILES string of the molecule is Cl.Nc1ncccc1-c1nc2ccc(-n3cccn3)nc2n1-c1ccc2c(c1)CC[C@@H]2NC1CCNCC1. The summed E-state index contributed by atoms with van der Waals surface area (Å²) >= 11 is 0. The summed E-state index contributed by atoms with van der Waals surface area (Å²) < 4.78 is 3.86. The molecule has 0 unspecified atom stereocenters. The third-order valence-corrected chi connectivity index (χ3v) is 7.55. The summed E-state index contributed by atoms with van der Waals surface area (Å²) in [6.07, 6.45) is 9.88. The van der Waals surface area contributed by atoms with E-state index in [4.69, 9.17) is 15.7 Å². The van der Waals surface area contributed by atoms with Gasteiger partial charge in [0, 0.05) is 36.4 Å². The van der Waals surface area contributed by atoms with Gasteiger partial charge in [0.15, 0.2) is 17.3 Å². The molecule has 1 atom stereocenters. The number of anilines is 1. The quantitative estimate of drug-likeness (QED) is 0.317. The van der Waals surface area contributed by atoms with Gasteiger partial charge >= 0.3 is 0 Å². The molecule has 4 aromatic heterocycles. The fourth-order valence-electron chi connectivity index (χ4n) is 5.70. The van der Waals surface area contributed by atoms with Gasteiger partial charge in [0.05, 0.1) is 5.56 Å². The van der Waals surface area contributed by atoms with Gasteiger partial charge < -0.3 is 16.4 Å². The number of nitrogens with zero attached hydrogens (tertiary/aromatic N) is 6. The van der Waals surface area contributed by atoms with Gasteiger partial charge in [-0.2, -0.15) is 5.10 Å². The molecular formula is C28H30ClN9. The van der Waals surface area contributed by atoms with E-state index in [1.807, 2.05) is 36.5 Å². The van der Waals surface area contributed by atoms with Crippen LogP contribution in [0.3, 0.4) is 0 Å². The summed E-state index contributed by atoms with van der Waals surface area (Å²) in [5.41, 5.74) is 12.4. The molecule has 0 radical (unpaired) electrons. The number of aromatic nitrogens is 6. The third-order valence-electron chi connectivity index (χ3n) is 7.55. The number of rotatable bonds is 5. The van der Waals surface area contributed by atoms with E-state index in [1.54, 1.807) is 17.1 Å². The number of fused-ring (bicyclic) bond motifs is 2. The van der Waals surface area contributed by atoms with Crippen LogP contribution in [0.5, 0.6) is 0 Å². The maximum Gasteiger partial charge on any atom is 0.167 e. The van der Waals surface area contributed by atoms with Crippen molar-refractivity contribution in [3.8, 4) is 22.9 Å². The number of benzene rings is 1. The lowest BCUT2D eigenvalue weighted by atomic mass is 10.0. The van der Waals surface area contributed by atoms with E-state index in [-0.39, 0.29) is 12.4 Å². The van der Waals surface area contributed by atoms with Crippen LogP contribution in [0.25, 0.3) is 34.1 Å². The Morgan fingerprint density at radius 1 is 0.974 bits per heavy atom. The molecule has 38 heavy (non-hydrogen) atoms. The molecule has 5 heterocycles. The van der Waals surface area contributed by atoms with E-state index in [9.17, 15) is 0 Å². The molecule has 10 heteroatoms. The van der Waals surface area contributed by atoms with E-state index in [2.05, 4.69) is 43.5 Å². The van der Waals surface area contributed by atoms with Crippen LogP contribution in [0.1, 0.15) is 36.4 Å². The molecule has 0 bridgehead atoms. The van der Waals surface area contributed by atoms with Crippen molar-refractivity contribution in [2.75, 3.05) is 18.8 Å². The van der Waals surface area contributed by atoms with E-state index in [1.165, 1.54) is 24.0 Å². The predicted octanol–water partition coefficient (Wildman–Crippen LogP) is 4.00. The van der Waals surface area contributed by atoms with Gasteiger partial charge in [-0.25, -0.2) is 19.6 Å². The second-order valence-corrected chi connectivity index (χ2v) is 9.84. The Hall–Kier alpha value is -3.79. The number of nitrogens with two attached hydrogens (primary N) is 1. The molecule has 0 amide bonds. The highest BCUT2D eigenvalue weighted by Crippen LogP contribution is 2.36. The summed E-state index contributed by atoms with van der Waals surface area (Å²) in [7, 11) is 0. The largest absolute Gasteiger partial charge is 0.383 e. The van der Waals surface area contributed by atoms with E-state index < -0.39 is 0 Å². The van der Waals surface area contributed by atoms with E-state index >= 15 is 0 Å². The van der Waals surface area contributed by atoms with Gasteiger partial charge in [0.1, 0.15) is 11.3 Å². The second-order valence-electron chi connectivity index (χ2n) is 9.84. The summed E-state index contributed by atoms with van der Waals surface area (Å²) in [4.78, 5) is 14.3. The average molecular weight is 528 g/mol. The number of halogens is 1. The number of imidazole rings is 1. The van der Waals surface area contributed by atoms with Gasteiger partial charge in [0.25, 0.3) is 0 Å². The minimum Gasteiger partial charge on any atom is -0.383 e. The summed E-state index contributed by atoms with van der Waals surface area (Å²) in [6.45, 7) is 2.19. The van der Waals surface area contributed by atoms with E-state index in [0.717, 1.165) is 60.0 Å². The first-order chi connectivity index (χ1) is 18.2. The van der Waals surface area contributed by atoms with Crippen molar-refractivity contribution >= 4 is 29.4 Å². The molecule has 5 aromatic rings. The monoisotopic (exact) mass is 527 g/mol. The minimum absolute atomic E-state index is 0. The van der Waals surface area contributed by atoms with Crippen LogP contribution >= 0.6 is 12.4 Å². The van der Waals surface area contributed by atoms with Gasteiger partial charge in [-0.15, -0.1) is 12.4 Å². The van der Waals surface area contributed by atoms with Crippen molar-refractivity contribution in [3.05, 3.63) is 78.2 Å². The molecular weight excluding hydrogens is 498 g/mol. The lowest BCUT2D eigenvalue weighted by molar-refractivity contribution is 0.349. The number of piperidine rings is 1. The molecule has 9 nitrogen and oxygen atoms in total. The lowest BCUT2D eigenvalue weighted by Gasteiger charge is -2.27. The van der Waals surface area contributed by atoms with E-state index in [0.29, 0.717) is 17.9 Å². The van der Waals surface area contributed by atoms with Gasteiger partial charge in [0.2, 0.25) is 0 Å². The van der Waals surface area contributed by atoms with Gasteiger partial charge in [-0.05, 0) is 92.4 Å². The third kappa shape index (κ3) is 4.32. The normalized spacial score (nSPS) is 17.4. The van der Waals surface area contributed by atoms with Crippen LogP contribution in [-0.4, -0.2) is 48.4 Å². The number of pyridine rings is 2. The zero-order valence-corrected chi connectivity index (χ0v) is 21.7. The lowest BCUT2D eigenvalue weighted by Crippen LogP contribution is -2.41. The van der Waals surface area contributed by atoms with Crippen molar-refractivity contribution in [1.29, 1.82) is 0 Å². The van der Waals surface area contributed by atoms with Crippen LogP contribution < -0.4 is 16.4 Å². The molecule has 0 spiro atoms. The number of aryl methyl sites for hydroxylation is 1. The Balaban J connectivity index is 0.00000264. The zero-order valence-electron chi connectivity index (χ0n) is 20.9. The first-order valence-electron chi connectivity index (χ1n) is 12.9. The number of hydrogen-bond acceptors (Lipinski definition) is 7. The molecule has 1 aromatic carbocycles. The van der Waals surface area contributed by atoms with Crippen LogP contribution in [0.15, 0.2) is 67.1 Å². The Labute approximate surface area is 226 Å². The van der Waals surface area contributed by atoms with Gasteiger partial charge in [-0.1, -0.05) is 6.07 Å². The fraction of sp³-hybridized carbons (Fsp3) is 0.286. The smallest absolute Gasteiger partial charge is 0.167 e. The summed E-state index contributed by atoms with van der Waals surface area (Å²) in [5.74, 6) is 1.91. The highest BCUT2D eigenvalue weighted by molar-refractivity contribution is 5.85. The first-order valence-corrected chi connectivity index (χ1v) is 12.9. The maximum atomic E-state index is 6.31. The van der Waals surface area contributed by atoms with Crippen LogP contribution in [0, 0.1) is 0 Å². The average Bonchev–Trinajstić information content (AvgIpc) is 3.68. The highest BCUT2D eigenvalue weighted by atomic mass is 35.5. The Morgan fingerprint density at radius 3 is 2.68 bits per heavy atom. The summed E-state index contributed by atoms with van der Waals surface area (Å²) in [5, 5.41) is 11.7. The molecule has 0 saturated carbocycles. The molecule has 194 valence electrons. The first kappa shape index (κ1) is 24.5. The topological polar surface area (TPSA) is 112 Å². The second kappa shape index (κ2) is 10.2. The van der Waals surface area contributed by atoms with Crippen molar-refractivity contribution < 1.29 is 0 Å². The molecule has 1 aliphatic carbocycles. The number of nitrogens with one attached hydrogen (secondary N) is 2.